The van der Waals surface area contributed by atoms with E-state index in [9.17, 15) is 14.3 Å². The van der Waals surface area contributed by atoms with E-state index in [0.717, 1.165) is 7.11 Å². The van der Waals surface area contributed by atoms with E-state index in [1.807, 2.05) is 5.92 Å². The van der Waals surface area contributed by atoms with E-state index in [1.165, 1.54) is 6.92 Å². The maximum atomic E-state index is 10.8. The number of methoxy groups -OCH3 is 1. The van der Waals surface area contributed by atoms with E-state index in [0.29, 0.717) is 0 Å². The Balaban J connectivity index is 0. The van der Waals surface area contributed by atoms with Gasteiger partial charge in [0.15, 0.2) is 0 Å². The van der Waals surface area contributed by atoms with Crippen LogP contribution < -0.4 is 23.8 Å². The van der Waals surface area contributed by atoms with Crippen LogP contribution in [0.2, 0.25) is 0 Å². The summed E-state index contributed by atoms with van der Waals surface area (Å²) in [6.45, 7) is 1.33. The number of ether oxygens (including phenoxy) is 1. The summed E-state index contributed by atoms with van der Waals surface area (Å²) in [5.41, 5.74) is -1.43. The molecule has 0 fully saturated rings. The summed E-state index contributed by atoms with van der Waals surface area (Å²) < 4.78 is 18.9. The van der Waals surface area contributed by atoms with Crippen molar-refractivity contribution in [2.75, 3.05) is 7.11 Å². The summed E-state index contributed by atoms with van der Waals surface area (Å²) in [7, 11) is -3.67. The van der Waals surface area contributed by atoms with Gasteiger partial charge in [0.2, 0.25) is 7.60 Å². The predicted octanol–water partition coefficient (Wildman–Crippen LogP) is -2.65. The number of terminal acetylenes is 1. The first-order valence-corrected chi connectivity index (χ1v) is 4.52. The Bertz CT molecular complexity index is 258. The molecule has 0 radical (unpaired) electrons. The second-order valence-corrected chi connectivity index (χ2v) is 3.45. The Morgan fingerprint density at radius 1 is 1.69 bits per heavy atom. The molecule has 0 aliphatic rings. The number of carbonyl (C=O) groups is 1. The van der Waals surface area contributed by atoms with Crippen LogP contribution in [0.3, 0.4) is 0 Å². The Labute approximate surface area is 88.5 Å². The monoisotopic (exact) mass is 198 g/mol. The minimum absolute atomic E-state index is 0. The van der Waals surface area contributed by atoms with Gasteiger partial charge in [-0.15, -0.1) is 6.42 Å². The Hall–Kier alpha value is -0.223. The fourth-order valence-corrected chi connectivity index (χ4v) is 1.18. The van der Waals surface area contributed by atoms with Crippen LogP contribution in [0.5, 0.6) is 0 Å². The molecule has 0 aromatic rings. The molecule has 2 unspecified atom stereocenters. The van der Waals surface area contributed by atoms with E-state index in [-0.39, 0.29) is 18.9 Å². The zero-order chi connectivity index (χ0) is 9.78. The first-order chi connectivity index (χ1) is 5.44. The van der Waals surface area contributed by atoms with Crippen molar-refractivity contribution < 1.29 is 42.4 Å². The van der Waals surface area contributed by atoms with Gasteiger partial charge in [0, 0.05) is 0 Å². The molecule has 0 bridgehead atoms. The zero-order valence-electron chi connectivity index (χ0n) is 7.64. The van der Waals surface area contributed by atoms with Crippen molar-refractivity contribution in [2.24, 2.45) is 0 Å². The number of rotatable bonds is 3. The van der Waals surface area contributed by atoms with Crippen LogP contribution in [0.15, 0.2) is 0 Å². The summed E-state index contributed by atoms with van der Waals surface area (Å²) in [4.78, 5) is 21.3. The van der Waals surface area contributed by atoms with Gasteiger partial charge >= 0.3 is 24.6 Å². The fraction of sp³-hybridized carbons (Fsp3) is 0.500. The zero-order valence-corrected chi connectivity index (χ0v) is 8.54. The largest absolute Gasteiger partial charge is 1.00 e. The summed E-state index contributed by atoms with van der Waals surface area (Å²) in [5, 5.41) is 0. The average Bonchev–Trinajstić information content (AvgIpc) is 2.02. The third kappa shape index (κ3) is 5.16. The smallest absolute Gasteiger partial charge is 0.770 e. The first kappa shape index (κ1) is 15.3. The molecule has 2 atom stereocenters. The van der Waals surface area contributed by atoms with Crippen LogP contribution in [0.4, 0.5) is 4.79 Å². The molecule has 0 aromatic heterocycles. The predicted molar refractivity (Wildman–Crippen MR) is 39.4 cm³/mol. The molecule has 0 spiro atoms. The van der Waals surface area contributed by atoms with Gasteiger partial charge in [-0.25, -0.2) is 4.79 Å². The molecule has 68 valence electrons. The van der Waals surface area contributed by atoms with Gasteiger partial charge in [-0.3, -0.25) is 4.57 Å². The van der Waals surface area contributed by atoms with Gasteiger partial charge in [-0.1, -0.05) is 5.92 Å². The van der Waals surface area contributed by atoms with E-state index >= 15 is 0 Å². The minimum Gasteiger partial charge on any atom is -0.770 e. The molecule has 5 nitrogen and oxygen atoms in total. The van der Waals surface area contributed by atoms with Crippen LogP contribution in [0.25, 0.3) is 0 Å². The molecule has 13 heavy (non-hydrogen) atoms. The topological polar surface area (TPSA) is 75.7 Å². The molecule has 0 rings (SSSR count). The first-order valence-electron chi connectivity index (χ1n) is 2.98. The maximum absolute atomic E-state index is 10.8. The van der Waals surface area contributed by atoms with Gasteiger partial charge < -0.3 is 14.2 Å². The van der Waals surface area contributed by atoms with E-state index in [1.54, 1.807) is 0 Å². The molecule has 7 heteroatoms. The van der Waals surface area contributed by atoms with Crippen LogP contribution in [-0.2, 0) is 13.8 Å². The van der Waals surface area contributed by atoms with Crippen molar-refractivity contribution in [2.45, 2.75) is 13.0 Å². The van der Waals surface area contributed by atoms with Crippen molar-refractivity contribution >= 4 is 13.3 Å². The van der Waals surface area contributed by atoms with Crippen molar-refractivity contribution in [3.8, 4) is 12.3 Å². The number of carbonyl (C=O) groups excluding carboxylic acids is 1. The molecule has 0 amide bonds. The summed E-state index contributed by atoms with van der Waals surface area (Å²) in [6.07, 6.45) is 3.87. The van der Waals surface area contributed by atoms with Crippen LogP contribution in [0.1, 0.15) is 6.92 Å². The van der Waals surface area contributed by atoms with Crippen molar-refractivity contribution in [3.05, 3.63) is 0 Å². The van der Waals surface area contributed by atoms with E-state index in [4.69, 9.17) is 6.42 Å². The molecule has 0 aliphatic carbocycles. The SMILES string of the molecule is C#CC(C)OP(=O)([O-])C(=O)OC.[Li+]. The summed E-state index contributed by atoms with van der Waals surface area (Å²) in [5.74, 6) is 2.00. The van der Waals surface area contributed by atoms with Crippen molar-refractivity contribution in [1.82, 2.24) is 0 Å². The normalized spacial score (nSPS) is 15.8. The van der Waals surface area contributed by atoms with Gasteiger partial charge in [0.1, 0.15) is 6.10 Å². The van der Waals surface area contributed by atoms with E-state index < -0.39 is 19.4 Å². The second kappa shape index (κ2) is 6.26. The molecule has 0 N–H and O–H groups in total. The van der Waals surface area contributed by atoms with Crippen molar-refractivity contribution in [3.63, 3.8) is 0 Å². The molecule has 0 aromatic carbocycles. The van der Waals surface area contributed by atoms with Crippen LogP contribution in [-0.4, -0.2) is 18.9 Å². The molecule has 0 saturated carbocycles. The van der Waals surface area contributed by atoms with Gasteiger partial charge in [-0.05, 0) is 6.92 Å². The molecule has 0 heterocycles. The van der Waals surface area contributed by atoms with Crippen LogP contribution in [0, 0.1) is 12.3 Å². The molecule has 0 saturated heterocycles. The van der Waals surface area contributed by atoms with Crippen LogP contribution >= 0.6 is 7.60 Å². The minimum atomic E-state index is -4.61. The maximum Gasteiger partial charge on any atom is 1.00 e. The van der Waals surface area contributed by atoms with Gasteiger partial charge in [-0.2, -0.15) is 0 Å². The molecule has 0 aliphatic heterocycles. The Kier molecular flexibility index (Phi) is 7.35. The average molecular weight is 198 g/mol. The number of hydrogen-bond donors (Lipinski definition) is 0. The third-order valence-corrected chi connectivity index (χ3v) is 2.15. The Morgan fingerprint density at radius 2 is 2.15 bits per heavy atom. The quantitative estimate of drug-likeness (QED) is 0.281. The van der Waals surface area contributed by atoms with E-state index in [2.05, 4.69) is 9.26 Å². The van der Waals surface area contributed by atoms with Gasteiger partial charge in [0.05, 0.1) is 7.11 Å². The van der Waals surface area contributed by atoms with Gasteiger partial charge in [0.25, 0.3) is 0 Å². The fourth-order valence-electron chi connectivity index (χ4n) is 0.393. The third-order valence-electron chi connectivity index (χ3n) is 0.930. The standard InChI is InChI=1S/C6H9O5P.Li/c1-4-5(2)11-12(8,9)6(7)10-3;/h1,5H,2-3H3,(H,8,9);/q;+1/p-1. The molecular formula is C6H8LiO5P. The summed E-state index contributed by atoms with van der Waals surface area (Å²) >= 11 is 0. The van der Waals surface area contributed by atoms with Crippen molar-refractivity contribution in [1.29, 1.82) is 0 Å². The molecular weight excluding hydrogens is 190 g/mol. The second-order valence-electron chi connectivity index (χ2n) is 1.88. The summed E-state index contributed by atoms with van der Waals surface area (Å²) in [6, 6.07) is 0. The number of hydrogen-bond acceptors (Lipinski definition) is 5. The Morgan fingerprint density at radius 3 is 2.46 bits per heavy atom.